The Hall–Kier alpha value is -8.67. The van der Waals surface area contributed by atoms with Gasteiger partial charge in [-0.3, -0.25) is 4.57 Å². The summed E-state index contributed by atoms with van der Waals surface area (Å²) in [7, 11) is 0. The molecule has 11 aromatic carbocycles. The first-order valence-corrected chi connectivity index (χ1v) is 21.7. The fourth-order valence-corrected chi connectivity index (χ4v) is 9.82. The van der Waals surface area contributed by atoms with Gasteiger partial charge in [-0.1, -0.05) is 176 Å². The highest BCUT2D eigenvalue weighted by molar-refractivity contribution is 6.34. The van der Waals surface area contributed by atoms with Crippen molar-refractivity contribution in [1.82, 2.24) is 19.5 Å². The van der Waals surface area contributed by atoms with E-state index < -0.39 is 0 Å². The fraction of sp³-hybridized carbons (Fsp3) is 0. The molecule has 0 aliphatic rings. The minimum absolute atomic E-state index is 0.587. The van der Waals surface area contributed by atoms with E-state index in [9.17, 15) is 0 Å². The topological polar surface area (TPSA) is 46.8 Å². The van der Waals surface area contributed by atoms with Crippen LogP contribution in [-0.2, 0) is 0 Å². The Kier molecular flexibility index (Phi) is 8.15. The Morgan fingerprint density at radius 2 is 0.875 bits per heavy atom. The Labute approximate surface area is 369 Å². The summed E-state index contributed by atoms with van der Waals surface area (Å²) in [5, 5.41) is 12.2. The second kappa shape index (κ2) is 14.5. The number of nitrogens with zero attached hydrogens (tertiary/aromatic N) is 5. The van der Waals surface area contributed by atoms with Crippen LogP contribution in [0.2, 0.25) is 0 Å². The van der Waals surface area contributed by atoms with Crippen molar-refractivity contribution in [2.45, 2.75) is 0 Å². The first-order valence-electron chi connectivity index (χ1n) is 21.7. The lowest BCUT2D eigenvalue weighted by molar-refractivity contribution is 0.954. The van der Waals surface area contributed by atoms with Gasteiger partial charge in [0.25, 0.3) is 0 Å². The number of aromatic nitrogens is 4. The van der Waals surface area contributed by atoms with Crippen molar-refractivity contribution >= 4 is 82.0 Å². The maximum atomic E-state index is 5.20. The quantitative estimate of drug-likeness (QED) is 0.150. The van der Waals surface area contributed by atoms with Crippen molar-refractivity contribution in [3.63, 3.8) is 0 Å². The molecule has 0 amide bonds. The molecular formula is C59H37N5. The minimum Gasteiger partial charge on any atom is -0.310 e. The molecule has 0 atom stereocenters. The van der Waals surface area contributed by atoms with Gasteiger partial charge in [0.15, 0.2) is 11.6 Å². The average molecular weight is 816 g/mol. The van der Waals surface area contributed by atoms with E-state index in [0.717, 1.165) is 44.6 Å². The highest BCUT2D eigenvalue weighted by Crippen LogP contribution is 2.45. The van der Waals surface area contributed by atoms with E-state index in [4.69, 9.17) is 15.0 Å². The number of anilines is 3. The minimum atomic E-state index is 0.587. The first kappa shape index (κ1) is 36.0. The molecule has 0 unspecified atom stereocenters. The van der Waals surface area contributed by atoms with Crippen LogP contribution in [0.5, 0.6) is 0 Å². The van der Waals surface area contributed by atoms with Crippen LogP contribution in [0, 0.1) is 0 Å². The summed E-state index contributed by atoms with van der Waals surface area (Å²) in [6.45, 7) is 0. The zero-order valence-electron chi connectivity index (χ0n) is 34.6. The zero-order chi connectivity index (χ0) is 42.1. The molecule has 0 radical (unpaired) electrons. The van der Waals surface area contributed by atoms with Crippen LogP contribution >= 0.6 is 0 Å². The van der Waals surface area contributed by atoms with Crippen molar-refractivity contribution in [3.05, 3.63) is 224 Å². The summed E-state index contributed by atoms with van der Waals surface area (Å²) in [4.78, 5) is 17.7. The van der Waals surface area contributed by atoms with Crippen LogP contribution < -0.4 is 4.90 Å². The van der Waals surface area contributed by atoms with Gasteiger partial charge in [0, 0.05) is 39.0 Å². The van der Waals surface area contributed by atoms with Crippen molar-refractivity contribution in [3.8, 4) is 39.9 Å². The van der Waals surface area contributed by atoms with Gasteiger partial charge in [-0.2, -0.15) is 9.97 Å². The molecule has 0 N–H and O–H groups in total. The molecule has 0 aliphatic carbocycles. The Morgan fingerprint density at radius 3 is 1.62 bits per heavy atom. The highest BCUT2D eigenvalue weighted by Gasteiger charge is 2.22. The smallest absolute Gasteiger partial charge is 0.238 e. The molecular weight excluding hydrogens is 779 g/mol. The van der Waals surface area contributed by atoms with E-state index in [-0.39, 0.29) is 0 Å². The second-order valence-corrected chi connectivity index (χ2v) is 16.4. The Bertz CT molecular complexity index is 3820. The number of benzene rings is 11. The molecule has 0 fully saturated rings. The predicted octanol–water partition coefficient (Wildman–Crippen LogP) is 15.5. The number of para-hydroxylation sites is 2. The highest BCUT2D eigenvalue weighted by atomic mass is 15.2. The summed E-state index contributed by atoms with van der Waals surface area (Å²) < 4.78 is 2.23. The van der Waals surface area contributed by atoms with Crippen molar-refractivity contribution in [1.29, 1.82) is 0 Å². The van der Waals surface area contributed by atoms with Gasteiger partial charge in [-0.15, -0.1) is 0 Å². The molecule has 5 nitrogen and oxygen atoms in total. The maximum absolute atomic E-state index is 5.20. The molecule has 64 heavy (non-hydrogen) atoms. The molecule has 0 bridgehead atoms. The van der Waals surface area contributed by atoms with Gasteiger partial charge >= 0.3 is 0 Å². The van der Waals surface area contributed by atoms with Crippen LogP contribution in [0.1, 0.15) is 0 Å². The van der Waals surface area contributed by atoms with Gasteiger partial charge in [0.05, 0.1) is 11.0 Å². The average Bonchev–Trinajstić information content (AvgIpc) is 3.70. The number of hydrogen-bond donors (Lipinski definition) is 0. The largest absolute Gasteiger partial charge is 0.310 e. The predicted molar refractivity (Wildman–Crippen MR) is 266 cm³/mol. The van der Waals surface area contributed by atoms with E-state index in [1.54, 1.807) is 0 Å². The molecule has 0 saturated heterocycles. The number of hydrogen-bond acceptors (Lipinski definition) is 4. The number of rotatable bonds is 7. The molecule has 13 aromatic rings. The van der Waals surface area contributed by atoms with Gasteiger partial charge in [0.2, 0.25) is 5.95 Å². The van der Waals surface area contributed by atoms with Gasteiger partial charge in [0.1, 0.15) is 0 Å². The summed E-state index contributed by atoms with van der Waals surface area (Å²) in [5.74, 6) is 1.86. The molecule has 0 saturated carbocycles. The molecule has 5 heteroatoms. The first-order chi connectivity index (χ1) is 31.7. The van der Waals surface area contributed by atoms with Crippen LogP contribution in [0.25, 0.3) is 105 Å². The summed E-state index contributed by atoms with van der Waals surface area (Å²) in [6, 6.07) is 80.0. The van der Waals surface area contributed by atoms with Gasteiger partial charge in [-0.05, 0) is 103 Å². The third kappa shape index (κ3) is 5.75. The van der Waals surface area contributed by atoms with Crippen LogP contribution in [0.3, 0.4) is 0 Å². The van der Waals surface area contributed by atoms with E-state index in [2.05, 4.69) is 198 Å². The fourth-order valence-electron chi connectivity index (χ4n) is 9.82. The number of fused-ring (bicyclic) bond motifs is 5. The Balaban J connectivity index is 0.981. The van der Waals surface area contributed by atoms with Crippen molar-refractivity contribution in [2.75, 3.05) is 4.90 Å². The Morgan fingerprint density at radius 1 is 0.312 bits per heavy atom. The van der Waals surface area contributed by atoms with E-state index in [1.165, 1.54) is 59.6 Å². The summed E-state index contributed by atoms with van der Waals surface area (Å²) in [5.41, 5.74) is 9.71. The monoisotopic (exact) mass is 815 g/mol. The SMILES string of the molecule is c1ccc(-c2nc(-c3ccccc3)nc(-n3c4ccccc4c4c5ccc6ccc(-c7ccc(N(c8ccccc8)c8ccc9ccccc9c8)cc7)c7ccc(cc43)c5c67)n2)cc1. The second-order valence-electron chi connectivity index (χ2n) is 16.4. The van der Waals surface area contributed by atoms with Crippen LogP contribution in [0.4, 0.5) is 17.1 Å². The summed E-state index contributed by atoms with van der Waals surface area (Å²) in [6.07, 6.45) is 0. The zero-order valence-corrected chi connectivity index (χ0v) is 34.6. The maximum Gasteiger partial charge on any atom is 0.238 e. The van der Waals surface area contributed by atoms with Crippen molar-refractivity contribution < 1.29 is 0 Å². The van der Waals surface area contributed by atoms with Crippen LogP contribution in [-0.4, -0.2) is 19.5 Å². The molecule has 2 heterocycles. The lowest BCUT2D eigenvalue weighted by Crippen LogP contribution is -2.09. The normalized spacial score (nSPS) is 11.8. The van der Waals surface area contributed by atoms with E-state index in [0.29, 0.717) is 17.6 Å². The summed E-state index contributed by atoms with van der Waals surface area (Å²) >= 11 is 0. The molecule has 298 valence electrons. The van der Waals surface area contributed by atoms with E-state index >= 15 is 0 Å². The standard InChI is InChI=1S/C59H37N5/c1-4-15-41(16-5-1)57-60-58(42-17-6-2-7-18-42)62-59(61-57)64-52-23-13-12-22-50(52)56-51-35-28-40-27-33-48(49-34-29-44(37-53(56)64)55(51)54(40)49)39-25-30-46(31-26-39)63(45-20-8-3-9-21-45)47-32-24-38-14-10-11-19-43(38)36-47/h1-37H. The molecule has 0 aliphatic heterocycles. The molecule has 2 aromatic heterocycles. The van der Waals surface area contributed by atoms with Gasteiger partial charge in [-0.25, -0.2) is 4.98 Å². The molecule has 13 rings (SSSR count). The van der Waals surface area contributed by atoms with Crippen molar-refractivity contribution in [2.24, 2.45) is 0 Å². The lowest BCUT2D eigenvalue weighted by Gasteiger charge is -2.26. The third-order valence-corrected chi connectivity index (χ3v) is 12.7. The third-order valence-electron chi connectivity index (χ3n) is 12.7. The van der Waals surface area contributed by atoms with E-state index in [1.807, 2.05) is 36.4 Å². The van der Waals surface area contributed by atoms with Crippen LogP contribution in [0.15, 0.2) is 224 Å². The molecule has 0 spiro atoms. The van der Waals surface area contributed by atoms with Gasteiger partial charge < -0.3 is 4.90 Å². The lowest BCUT2D eigenvalue weighted by atomic mass is 9.88.